The van der Waals surface area contributed by atoms with Crippen LogP contribution in [0.25, 0.3) is 0 Å². The summed E-state index contributed by atoms with van der Waals surface area (Å²) in [6, 6.07) is 7.13. The average molecular weight is 310 g/mol. The highest BCUT2D eigenvalue weighted by atomic mass is 35.5. The van der Waals surface area contributed by atoms with Crippen molar-refractivity contribution in [2.24, 2.45) is 5.73 Å². The zero-order valence-corrected chi connectivity index (χ0v) is 13.3. The average Bonchev–Trinajstić information content (AvgIpc) is 2.62. The monoisotopic (exact) mass is 309 g/mol. The summed E-state index contributed by atoms with van der Waals surface area (Å²) in [5, 5.41) is 0.739. The minimum Gasteiger partial charge on any atom is -0.389 e. The first kappa shape index (κ1) is 14.1. The highest BCUT2D eigenvalue weighted by Crippen LogP contribution is 2.33. The number of nitrogens with zero attached hydrogens (tertiary/aromatic N) is 2. The smallest absolute Gasteiger partial charge is 0.106 e. The summed E-state index contributed by atoms with van der Waals surface area (Å²) in [5.41, 5.74) is 7.89. The van der Waals surface area contributed by atoms with Gasteiger partial charge in [0.05, 0.1) is 0 Å². The lowest BCUT2D eigenvalue weighted by atomic mass is 10.1. The van der Waals surface area contributed by atoms with Gasteiger partial charge in [0.25, 0.3) is 0 Å². The molecule has 2 unspecified atom stereocenters. The molecule has 2 heterocycles. The Bertz CT molecular complexity index is 534. The van der Waals surface area contributed by atoms with E-state index in [1.54, 1.807) is 0 Å². The molecule has 0 saturated carbocycles. The van der Waals surface area contributed by atoms with E-state index in [1.165, 1.54) is 19.3 Å². The fourth-order valence-corrected chi connectivity index (χ4v) is 3.84. The van der Waals surface area contributed by atoms with Crippen LogP contribution in [0.1, 0.15) is 24.8 Å². The minimum absolute atomic E-state index is 0.444. The maximum absolute atomic E-state index is 6.17. The van der Waals surface area contributed by atoms with Gasteiger partial charge in [0.1, 0.15) is 4.99 Å². The summed E-state index contributed by atoms with van der Waals surface area (Å²) in [5.74, 6) is 0. The molecule has 0 aliphatic carbocycles. The number of rotatable bonds is 2. The van der Waals surface area contributed by atoms with E-state index in [0.717, 1.165) is 35.4 Å². The number of thiocarbonyl (C=S) groups is 1. The molecule has 0 radical (unpaired) electrons. The third-order valence-corrected chi connectivity index (χ3v) is 5.17. The largest absolute Gasteiger partial charge is 0.389 e. The molecule has 3 nitrogen and oxygen atoms in total. The quantitative estimate of drug-likeness (QED) is 0.851. The molecular formula is C15H20ClN3S. The molecule has 20 heavy (non-hydrogen) atoms. The van der Waals surface area contributed by atoms with Crippen LogP contribution in [0, 0.1) is 0 Å². The molecule has 5 heteroatoms. The highest BCUT2D eigenvalue weighted by molar-refractivity contribution is 7.80. The molecule has 2 bridgehead atoms. The Morgan fingerprint density at radius 1 is 1.30 bits per heavy atom. The fraction of sp³-hybridized carbons (Fsp3) is 0.533. The van der Waals surface area contributed by atoms with E-state index in [9.17, 15) is 0 Å². The molecule has 2 atom stereocenters. The summed E-state index contributed by atoms with van der Waals surface area (Å²) >= 11 is 11.4. The summed E-state index contributed by atoms with van der Waals surface area (Å²) < 4.78 is 0. The highest BCUT2D eigenvalue weighted by Gasteiger charge is 2.35. The van der Waals surface area contributed by atoms with Crippen LogP contribution in [0.5, 0.6) is 0 Å². The second kappa shape index (κ2) is 5.51. The molecule has 1 aromatic carbocycles. The van der Waals surface area contributed by atoms with Crippen molar-refractivity contribution < 1.29 is 0 Å². The van der Waals surface area contributed by atoms with Gasteiger partial charge in [-0.3, -0.25) is 4.90 Å². The van der Waals surface area contributed by atoms with Crippen LogP contribution in [0.3, 0.4) is 0 Å². The normalized spacial score (nSPS) is 26.6. The number of nitrogens with two attached hydrogens (primary N) is 1. The van der Waals surface area contributed by atoms with Crippen LogP contribution < -0.4 is 10.6 Å². The zero-order chi connectivity index (χ0) is 14.3. The van der Waals surface area contributed by atoms with Gasteiger partial charge >= 0.3 is 0 Å². The van der Waals surface area contributed by atoms with Crippen molar-refractivity contribution >= 4 is 34.5 Å². The molecule has 2 aliphatic rings. The summed E-state index contributed by atoms with van der Waals surface area (Å²) in [6.07, 6.45) is 3.80. The van der Waals surface area contributed by atoms with Gasteiger partial charge in [-0.2, -0.15) is 0 Å². The van der Waals surface area contributed by atoms with Crippen molar-refractivity contribution in [3.63, 3.8) is 0 Å². The molecule has 2 N–H and O–H groups in total. The van der Waals surface area contributed by atoms with Crippen LogP contribution in [-0.4, -0.2) is 42.1 Å². The standard InChI is InChI=1S/C15H20ClN3S/c1-18-11-3-4-12(18)9-19(7-6-11)14-8-10(16)2-5-13(14)15(17)20/h2,5,8,11-12H,3-4,6-7,9H2,1H3,(H2,17,20). The van der Waals surface area contributed by atoms with Crippen molar-refractivity contribution in [1.82, 2.24) is 4.90 Å². The molecule has 0 aromatic heterocycles. The van der Waals surface area contributed by atoms with Gasteiger partial charge in [0, 0.05) is 41.4 Å². The Hall–Kier alpha value is -0.840. The lowest BCUT2D eigenvalue weighted by Gasteiger charge is -2.29. The summed E-state index contributed by atoms with van der Waals surface area (Å²) in [4.78, 5) is 5.38. The summed E-state index contributed by atoms with van der Waals surface area (Å²) in [7, 11) is 2.25. The molecule has 2 fully saturated rings. The van der Waals surface area contributed by atoms with Crippen molar-refractivity contribution in [1.29, 1.82) is 0 Å². The van der Waals surface area contributed by atoms with Crippen LogP contribution in [0.15, 0.2) is 18.2 Å². The Morgan fingerprint density at radius 2 is 2.05 bits per heavy atom. The van der Waals surface area contributed by atoms with Gasteiger partial charge in [-0.15, -0.1) is 0 Å². The van der Waals surface area contributed by atoms with E-state index in [2.05, 4.69) is 16.8 Å². The minimum atomic E-state index is 0.444. The number of hydrogen-bond acceptors (Lipinski definition) is 3. The molecule has 1 aromatic rings. The molecule has 108 valence electrons. The molecule has 0 amide bonds. The van der Waals surface area contributed by atoms with Crippen LogP contribution >= 0.6 is 23.8 Å². The van der Waals surface area contributed by atoms with Crippen LogP contribution in [0.2, 0.25) is 5.02 Å². The van der Waals surface area contributed by atoms with Crippen LogP contribution in [-0.2, 0) is 0 Å². The number of hydrogen-bond donors (Lipinski definition) is 1. The van der Waals surface area contributed by atoms with Gasteiger partial charge in [0.15, 0.2) is 0 Å². The van der Waals surface area contributed by atoms with E-state index in [0.29, 0.717) is 11.0 Å². The third kappa shape index (κ3) is 2.52. The molecule has 2 saturated heterocycles. The Labute approximate surface area is 130 Å². The van der Waals surface area contributed by atoms with Gasteiger partial charge in [-0.1, -0.05) is 23.8 Å². The van der Waals surface area contributed by atoms with E-state index in [-0.39, 0.29) is 0 Å². The maximum atomic E-state index is 6.17. The van der Waals surface area contributed by atoms with Gasteiger partial charge in [-0.05, 0) is 44.5 Å². The number of halogens is 1. The number of anilines is 1. The van der Waals surface area contributed by atoms with Crippen molar-refractivity contribution in [2.45, 2.75) is 31.3 Å². The van der Waals surface area contributed by atoms with Crippen molar-refractivity contribution in [3.05, 3.63) is 28.8 Å². The molecule has 2 aliphatic heterocycles. The lowest BCUT2D eigenvalue weighted by Crippen LogP contribution is -2.37. The molecular weight excluding hydrogens is 290 g/mol. The van der Waals surface area contributed by atoms with Gasteiger partial charge in [-0.25, -0.2) is 0 Å². The maximum Gasteiger partial charge on any atom is 0.106 e. The van der Waals surface area contributed by atoms with Crippen LogP contribution in [0.4, 0.5) is 5.69 Å². The zero-order valence-electron chi connectivity index (χ0n) is 11.7. The lowest BCUT2D eigenvalue weighted by molar-refractivity contribution is 0.254. The second-order valence-corrected chi connectivity index (χ2v) is 6.69. The second-order valence-electron chi connectivity index (χ2n) is 5.81. The van der Waals surface area contributed by atoms with Gasteiger partial charge < -0.3 is 10.6 Å². The fourth-order valence-electron chi connectivity index (χ4n) is 3.50. The van der Waals surface area contributed by atoms with Gasteiger partial charge in [0.2, 0.25) is 0 Å². The first-order valence-corrected chi connectivity index (χ1v) is 7.91. The SMILES string of the molecule is CN1C2CCC1CN(c1cc(Cl)ccc1C(N)=S)CC2. The first-order valence-electron chi connectivity index (χ1n) is 7.12. The van der Waals surface area contributed by atoms with E-state index >= 15 is 0 Å². The van der Waals surface area contributed by atoms with E-state index in [1.807, 2.05) is 18.2 Å². The Balaban J connectivity index is 1.93. The third-order valence-electron chi connectivity index (χ3n) is 4.71. The van der Waals surface area contributed by atoms with Crippen molar-refractivity contribution in [2.75, 3.05) is 25.0 Å². The molecule has 0 spiro atoms. The molecule has 3 rings (SSSR count). The summed E-state index contributed by atoms with van der Waals surface area (Å²) in [6.45, 7) is 2.07. The number of likely N-dealkylation sites (N-methyl/N-ethyl adjacent to an activating group) is 1. The number of benzene rings is 1. The Kier molecular flexibility index (Phi) is 3.89. The Morgan fingerprint density at radius 3 is 2.80 bits per heavy atom. The first-order chi connectivity index (χ1) is 9.56. The number of fused-ring (bicyclic) bond motifs is 2. The van der Waals surface area contributed by atoms with Crippen molar-refractivity contribution in [3.8, 4) is 0 Å². The van der Waals surface area contributed by atoms with E-state index in [4.69, 9.17) is 29.6 Å². The predicted molar refractivity (Wildman–Crippen MR) is 88.7 cm³/mol. The van der Waals surface area contributed by atoms with E-state index < -0.39 is 0 Å². The topological polar surface area (TPSA) is 32.5 Å². The predicted octanol–water partition coefficient (Wildman–Crippen LogP) is 2.65.